The molecule has 0 aliphatic heterocycles. The molecule has 0 radical (unpaired) electrons. The van der Waals surface area contributed by atoms with E-state index in [0.717, 1.165) is 0 Å². The van der Waals surface area contributed by atoms with Gasteiger partial charge in [-0.25, -0.2) is 4.79 Å². The minimum atomic E-state index is -0.502. The minimum absolute atomic E-state index is 0.0250. The Morgan fingerprint density at radius 1 is 1.39 bits per heavy atom. The maximum absolute atomic E-state index is 11.7. The van der Waals surface area contributed by atoms with Gasteiger partial charge in [0.15, 0.2) is 0 Å². The van der Waals surface area contributed by atoms with Gasteiger partial charge in [0.25, 0.3) is 5.56 Å². The molecule has 6 nitrogen and oxygen atoms in total. The molecule has 2 N–H and O–H groups in total. The van der Waals surface area contributed by atoms with Crippen molar-refractivity contribution in [2.45, 2.75) is 39.5 Å². The number of ether oxygens (including phenoxy) is 1. The summed E-state index contributed by atoms with van der Waals surface area (Å²) < 4.78 is 7.05. The summed E-state index contributed by atoms with van der Waals surface area (Å²) >= 11 is 0. The highest BCUT2D eigenvalue weighted by molar-refractivity contribution is 4.85. The van der Waals surface area contributed by atoms with E-state index in [1.807, 2.05) is 20.8 Å². The van der Waals surface area contributed by atoms with Crippen molar-refractivity contribution < 1.29 is 9.84 Å². The van der Waals surface area contributed by atoms with Crippen molar-refractivity contribution in [1.29, 1.82) is 0 Å². The minimum Gasteiger partial charge on any atom is -0.396 e. The van der Waals surface area contributed by atoms with Crippen LogP contribution in [0.1, 0.15) is 33.4 Å². The summed E-state index contributed by atoms with van der Waals surface area (Å²) in [4.78, 5) is 25.0. The van der Waals surface area contributed by atoms with E-state index in [1.165, 1.54) is 16.8 Å². The van der Waals surface area contributed by atoms with Gasteiger partial charge in [0, 0.05) is 24.8 Å². The lowest BCUT2D eigenvalue weighted by Gasteiger charge is -2.27. The van der Waals surface area contributed by atoms with Crippen LogP contribution in [-0.2, 0) is 4.74 Å². The molecule has 0 aliphatic carbocycles. The predicted octanol–water partition coefficient (Wildman–Crippen LogP) is 0.479. The van der Waals surface area contributed by atoms with Crippen molar-refractivity contribution in [2.24, 2.45) is 5.92 Å². The number of aliphatic hydroxyl groups excluding tert-OH is 1. The Morgan fingerprint density at radius 2 is 2.06 bits per heavy atom. The van der Waals surface area contributed by atoms with Gasteiger partial charge < -0.3 is 9.84 Å². The van der Waals surface area contributed by atoms with Gasteiger partial charge in [0.1, 0.15) is 6.23 Å². The molecule has 1 aromatic rings. The van der Waals surface area contributed by atoms with E-state index >= 15 is 0 Å². The SMILES string of the molecule is CC(C)OC(C(C)CCO)n1ccc(=O)[nH]c1=O. The molecule has 1 heterocycles. The number of rotatable bonds is 6. The zero-order valence-corrected chi connectivity index (χ0v) is 10.9. The smallest absolute Gasteiger partial charge is 0.330 e. The van der Waals surface area contributed by atoms with Crippen molar-refractivity contribution in [3.63, 3.8) is 0 Å². The number of aromatic amines is 1. The van der Waals surface area contributed by atoms with E-state index in [4.69, 9.17) is 9.84 Å². The van der Waals surface area contributed by atoms with E-state index in [0.29, 0.717) is 6.42 Å². The molecule has 0 saturated carbocycles. The molecule has 18 heavy (non-hydrogen) atoms. The molecule has 0 bridgehead atoms. The molecule has 0 aliphatic rings. The second kappa shape index (κ2) is 6.51. The third kappa shape index (κ3) is 3.82. The number of hydrogen-bond donors (Lipinski definition) is 2. The predicted molar refractivity (Wildman–Crippen MR) is 67.4 cm³/mol. The van der Waals surface area contributed by atoms with Gasteiger partial charge in [-0.2, -0.15) is 0 Å². The van der Waals surface area contributed by atoms with Crippen LogP contribution in [0.4, 0.5) is 0 Å². The van der Waals surface area contributed by atoms with Crippen molar-refractivity contribution in [2.75, 3.05) is 6.61 Å². The van der Waals surface area contributed by atoms with Crippen LogP contribution in [-0.4, -0.2) is 27.4 Å². The van der Waals surface area contributed by atoms with Crippen LogP contribution in [0.5, 0.6) is 0 Å². The van der Waals surface area contributed by atoms with Gasteiger partial charge >= 0.3 is 5.69 Å². The van der Waals surface area contributed by atoms with E-state index in [1.54, 1.807) is 0 Å². The van der Waals surface area contributed by atoms with Crippen LogP contribution in [0.3, 0.4) is 0 Å². The lowest BCUT2D eigenvalue weighted by molar-refractivity contribution is -0.0755. The Morgan fingerprint density at radius 3 is 2.56 bits per heavy atom. The third-order valence-corrected chi connectivity index (χ3v) is 2.61. The first kappa shape index (κ1) is 14.7. The van der Waals surface area contributed by atoms with Crippen molar-refractivity contribution in [3.05, 3.63) is 33.1 Å². The van der Waals surface area contributed by atoms with E-state index in [-0.39, 0.29) is 18.6 Å². The standard InChI is InChI=1S/C12H20N2O4/c1-8(2)18-11(9(3)5-7-15)14-6-4-10(16)13-12(14)17/h4,6,8-9,11,15H,5,7H2,1-3H3,(H,13,16,17). The molecule has 1 aromatic heterocycles. The van der Waals surface area contributed by atoms with Crippen LogP contribution in [0.25, 0.3) is 0 Å². The summed E-state index contributed by atoms with van der Waals surface area (Å²) in [5, 5.41) is 8.98. The fourth-order valence-corrected chi connectivity index (χ4v) is 1.73. The van der Waals surface area contributed by atoms with Gasteiger partial charge in [-0.3, -0.25) is 14.3 Å². The third-order valence-electron chi connectivity index (χ3n) is 2.61. The maximum Gasteiger partial charge on any atom is 0.330 e. The quantitative estimate of drug-likeness (QED) is 0.775. The molecule has 102 valence electrons. The number of aromatic nitrogens is 2. The van der Waals surface area contributed by atoms with E-state index in [9.17, 15) is 9.59 Å². The maximum atomic E-state index is 11.7. The lowest BCUT2D eigenvalue weighted by Crippen LogP contribution is -2.36. The van der Waals surface area contributed by atoms with Crippen LogP contribution < -0.4 is 11.2 Å². The van der Waals surface area contributed by atoms with Gasteiger partial charge in [0.05, 0.1) is 6.10 Å². The largest absolute Gasteiger partial charge is 0.396 e. The summed E-state index contributed by atoms with van der Waals surface area (Å²) in [6.45, 7) is 5.66. The first-order valence-corrected chi connectivity index (χ1v) is 6.03. The average Bonchev–Trinajstić information content (AvgIpc) is 2.26. The van der Waals surface area contributed by atoms with Crippen LogP contribution in [0.2, 0.25) is 0 Å². The highest BCUT2D eigenvalue weighted by atomic mass is 16.5. The zero-order valence-electron chi connectivity index (χ0n) is 10.9. The molecule has 6 heteroatoms. The summed E-state index contributed by atoms with van der Waals surface area (Å²) in [5.41, 5.74) is -0.938. The lowest BCUT2D eigenvalue weighted by atomic mass is 10.1. The van der Waals surface area contributed by atoms with Crippen LogP contribution in [0, 0.1) is 5.92 Å². The topological polar surface area (TPSA) is 84.3 Å². The van der Waals surface area contributed by atoms with Gasteiger partial charge in [-0.1, -0.05) is 6.92 Å². The average molecular weight is 256 g/mol. The van der Waals surface area contributed by atoms with E-state index in [2.05, 4.69) is 4.98 Å². The molecule has 1 rings (SSSR count). The number of hydrogen-bond acceptors (Lipinski definition) is 4. The molecule has 0 amide bonds. The second-order valence-electron chi connectivity index (χ2n) is 4.58. The fourth-order valence-electron chi connectivity index (χ4n) is 1.73. The number of nitrogens with one attached hydrogen (secondary N) is 1. The van der Waals surface area contributed by atoms with Gasteiger partial charge in [-0.15, -0.1) is 0 Å². The summed E-state index contributed by atoms with van der Waals surface area (Å²) in [6.07, 6.45) is 1.38. The Balaban J connectivity index is 3.08. The Hall–Kier alpha value is -1.40. The van der Waals surface area contributed by atoms with E-state index < -0.39 is 17.5 Å². The van der Waals surface area contributed by atoms with Gasteiger partial charge in [-0.05, 0) is 20.3 Å². The first-order valence-electron chi connectivity index (χ1n) is 6.03. The molecule has 0 fully saturated rings. The Bertz CT molecular complexity index is 477. The van der Waals surface area contributed by atoms with Crippen LogP contribution in [0.15, 0.2) is 21.9 Å². The zero-order chi connectivity index (χ0) is 13.7. The number of aliphatic hydroxyl groups is 1. The number of H-pyrrole nitrogens is 1. The molecular formula is C12H20N2O4. The van der Waals surface area contributed by atoms with Gasteiger partial charge in [0.2, 0.25) is 0 Å². The molecule has 0 spiro atoms. The molecular weight excluding hydrogens is 236 g/mol. The molecule has 2 atom stereocenters. The van der Waals surface area contributed by atoms with Crippen molar-refractivity contribution in [1.82, 2.24) is 9.55 Å². The highest BCUT2D eigenvalue weighted by Crippen LogP contribution is 2.22. The first-order chi connectivity index (χ1) is 8.45. The number of nitrogens with zero attached hydrogens (tertiary/aromatic N) is 1. The molecule has 0 aromatic carbocycles. The summed E-state index contributed by atoms with van der Waals surface area (Å²) in [5.74, 6) is -0.0407. The normalized spacial score (nSPS) is 14.7. The summed E-state index contributed by atoms with van der Waals surface area (Å²) in [6, 6.07) is 1.28. The summed E-state index contributed by atoms with van der Waals surface area (Å²) in [7, 11) is 0. The van der Waals surface area contributed by atoms with Crippen LogP contribution >= 0.6 is 0 Å². The molecule has 0 saturated heterocycles. The Kier molecular flexibility index (Phi) is 5.30. The second-order valence-corrected chi connectivity index (χ2v) is 4.58. The fraction of sp³-hybridized carbons (Fsp3) is 0.667. The van der Waals surface area contributed by atoms with Crippen molar-refractivity contribution >= 4 is 0 Å². The van der Waals surface area contributed by atoms with Crippen molar-refractivity contribution in [3.8, 4) is 0 Å². The highest BCUT2D eigenvalue weighted by Gasteiger charge is 2.21. The Labute approximate surface area is 105 Å². The monoisotopic (exact) mass is 256 g/mol. The molecule has 2 unspecified atom stereocenters.